The summed E-state index contributed by atoms with van der Waals surface area (Å²) < 4.78 is 7.07. The summed E-state index contributed by atoms with van der Waals surface area (Å²) in [7, 11) is 6.97. The van der Waals surface area contributed by atoms with E-state index in [0.717, 1.165) is 23.0 Å². The number of carbonyl (C=O) groups is 1. The SMILES string of the molecule is COc1ccc(CN=C(NCC(=O)N(C)C)NCc2nnc(C)n2C)cc1. The van der Waals surface area contributed by atoms with E-state index in [9.17, 15) is 4.79 Å². The highest BCUT2D eigenvalue weighted by atomic mass is 16.5. The van der Waals surface area contributed by atoms with E-state index in [0.29, 0.717) is 19.0 Å². The number of carbonyl (C=O) groups excluding carboxylic acids is 1. The highest BCUT2D eigenvalue weighted by Gasteiger charge is 2.09. The monoisotopic (exact) mass is 373 g/mol. The molecular formula is C18H27N7O2. The van der Waals surface area contributed by atoms with Crippen LogP contribution < -0.4 is 15.4 Å². The average molecular weight is 373 g/mol. The molecule has 0 aliphatic rings. The van der Waals surface area contributed by atoms with E-state index in [4.69, 9.17) is 4.74 Å². The van der Waals surface area contributed by atoms with Crippen molar-refractivity contribution in [2.24, 2.45) is 12.0 Å². The minimum Gasteiger partial charge on any atom is -0.497 e. The van der Waals surface area contributed by atoms with Gasteiger partial charge in [0.1, 0.15) is 11.6 Å². The standard InChI is InChI=1S/C18H27N7O2/c1-13-22-23-16(25(13)4)11-20-18(21-12-17(26)24(2)3)19-10-14-6-8-15(27-5)9-7-14/h6-9H,10-12H2,1-5H3,(H2,19,20,21). The van der Waals surface area contributed by atoms with Crippen LogP contribution in [0.1, 0.15) is 17.2 Å². The molecule has 0 saturated heterocycles. The Balaban J connectivity index is 2.04. The number of aryl methyl sites for hydroxylation is 1. The summed E-state index contributed by atoms with van der Waals surface area (Å²) in [6, 6.07) is 7.69. The Morgan fingerprint density at radius 1 is 1.22 bits per heavy atom. The molecule has 0 radical (unpaired) electrons. The van der Waals surface area contributed by atoms with Crippen LogP contribution in [0.15, 0.2) is 29.3 Å². The summed E-state index contributed by atoms with van der Waals surface area (Å²) in [4.78, 5) is 17.9. The van der Waals surface area contributed by atoms with Crippen LogP contribution in [-0.2, 0) is 24.9 Å². The first-order valence-electron chi connectivity index (χ1n) is 8.61. The predicted molar refractivity (Wildman–Crippen MR) is 103 cm³/mol. The molecule has 0 saturated carbocycles. The molecule has 9 heteroatoms. The van der Waals surface area contributed by atoms with Crippen LogP contribution in [0.3, 0.4) is 0 Å². The van der Waals surface area contributed by atoms with Gasteiger partial charge in [0.15, 0.2) is 11.8 Å². The van der Waals surface area contributed by atoms with Crippen molar-refractivity contribution in [2.45, 2.75) is 20.0 Å². The summed E-state index contributed by atoms with van der Waals surface area (Å²) in [6.45, 7) is 2.96. The Labute approximate surface area is 159 Å². The van der Waals surface area contributed by atoms with Gasteiger partial charge in [-0.3, -0.25) is 4.79 Å². The molecule has 2 N–H and O–H groups in total. The van der Waals surface area contributed by atoms with Crippen molar-refractivity contribution in [1.29, 1.82) is 0 Å². The van der Waals surface area contributed by atoms with Gasteiger partial charge >= 0.3 is 0 Å². The minimum atomic E-state index is -0.0385. The Morgan fingerprint density at radius 3 is 2.48 bits per heavy atom. The number of rotatable bonds is 7. The summed E-state index contributed by atoms with van der Waals surface area (Å²) in [5.41, 5.74) is 1.03. The topological polar surface area (TPSA) is 96.7 Å². The number of benzene rings is 1. The van der Waals surface area contributed by atoms with Crippen LogP contribution in [0, 0.1) is 6.92 Å². The third-order valence-electron chi connectivity index (χ3n) is 4.08. The van der Waals surface area contributed by atoms with Crippen LogP contribution in [0.4, 0.5) is 0 Å². The van der Waals surface area contributed by atoms with E-state index in [-0.39, 0.29) is 12.5 Å². The number of nitrogens with zero attached hydrogens (tertiary/aromatic N) is 5. The first kappa shape index (κ1) is 20.2. The zero-order chi connectivity index (χ0) is 19.8. The maximum Gasteiger partial charge on any atom is 0.241 e. The fourth-order valence-electron chi connectivity index (χ4n) is 2.16. The van der Waals surface area contributed by atoms with Gasteiger partial charge in [0, 0.05) is 21.1 Å². The Bertz CT molecular complexity index is 782. The van der Waals surface area contributed by atoms with Crippen LogP contribution >= 0.6 is 0 Å². The Kier molecular flexibility index (Phi) is 7.16. The molecule has 0 aliphatic carbocycles. The van der Waals surface area contributed by atoms with E-state index in [1.165, 1.54) is 4.90 Å². The molecule has 9 nitrogen and oxygen atoms in total. The first-order valence-corrected chi connectivity index (χ1v) is 8.61. The van der Waals surface area contributed by atoms with Gasteiger partial charge in [-0.1, -0.05) is 12.1 Å². The highest BCUT2D eigenvalue weighted by molar-refractivity contribution is 5.86. The third kappa shape index (κ3) is 5.98. The van der Waals surface area contributed by atoms with Gasteiger partial charge in [-0.15, -0.1) is 10.2 Å². The van der Waals surface area contributed by atoms with E-state index in [1.807, 2.05) is 42.8 Å². The number of aromatic nitrogens is 3. The summed E-state index contributed by atoms with van der Waals surface area (Å²) in [5.74, 6) is 2.91. The van der Waals surface area contributed by atoms with Crippen LogP contribution in [0.5, 0.6) is 5.75 Å². The average Bonchev–Trinajstić information content (AvgIpc) is 2.99. The molecule has 0 aliphatic heterocycles. The van der Waals surface area contributed by atoms with Gasteiger partial charge in [-0.2, -0.15) is 0 Å². The maximum absolute atomic E-state index is 11.9. The number of aliphatic imine (C=N–C) groups is 1. The second-order valence-corrected chi connectivity index (χ2v) is 6.23. The Morgan fingerprint density at radius 2 is 1.93 bits per heavy atom. The number of amides is 1. The number of nitrogens with one attached hydrogen (secondary N) is 2. The molecule has 0 atom stereocenters. The van der Waals surface area contributed by atoms with Crippen LogP contribution in [0.2, 0.25) is 0 Å². The van der Waals surface area contributed by atoms with Gasteiger partial charge in [-0.25, -0.2) is 4.99 Å². The van der Waals surface area contributed by atoms with Gasteiger partial charge in [0.25, 0.3) is 0 Å². The zero-order valence-electron chi connectivity index (χ0n) is 16.5. The molecular weight excluding hydrogens is 346 g/mol. The second kappa shape index (κ2) is 9.56. The fraction of sp³-hybridized carbons (Fsp3) is 0.444. The van der Waals surface area contributed by atoms with E-state index in [2.05, 4.69) is 25.8 Å². The molecule has 27 heavy (non-hydrogen) atoms. The van der Waals surface area contributed by atoms with Crippen LogP contribution in [0.25, 0.3) is 0 Å². The zero-order valence-corrected chi connectivity index (χ0v) is 16.5. The van der Waals surface area contributed by atoms with Crippen LogP contribution in [-0.4, -0.2) is 59.3 Å². The quantitative estimate of drug-likeness (QED) is 0.541. The number of hydrogen-bond acceptors (Lipinski definition) is 5. The lowest BCUT2D eigenvalue weighted by atomic mass is 10.2. The summed E-state index contributed by atoms with van der Waals surface area (Å²) in [5, 5.41) is 14.4. The summed E-state index contributed by atoms with van der Waals surface area (Å²) >= 11 is 0. The number of methoxy groups -OCH3 is 1. The lowest BCUT2D eigenvalue weighted by molar-refractivity contribution is -0.127. The van der Waals surface area contributed by atoms with Crippen molar-refractivity contribution in [3.8, 4) is 5.75 Å². The van der Waals surface area contributed by atoms with Crippen molar-refractivity contribution in [3.05, 3.63) is 41.5 Å². The van der Waals surface area contributed by atoms with Crippen molar-refractivity contribution in [2.75, 3.05) is 27.7 Å². The molecule has 0 spiro atoms. The lowest BCUT2D eigenvalue weighted by Crippen LogP contribution is -2.43. The molecule has 0 fully saturated rings. The van der Waals surface area contributed by atoms with E-state index < -0.39 is 0 Å². The molecule has 0 unspecified atom stereocenters. The number of likely N-dealkylation sites (N-methyl/N-ethyl adjacent to an activating group) is 1. The number of hydrogen-bond donors (Lipinski definition) is 2. The van der Waals surface area contributed by atoms with E-state index >= 15 is 0 Å². The molecule has 1 aromatic heterocycles. The summed E-state index contributed by atoms with van der Waals surface area (Å²) in [6.07, 6.45) is 0. The molecule has 0 bridgehead atoms. The fourth-order valence-corrected chi connectivity index (χ4v) is 2.16. The van der Waals surface area contributed by atoms with Gasteiger partial charge < -0.3 is 24.8 Å². The molecule has 1 amide bonds. The molecule has 1 heterocycles. The van der Waals surface area contributed by atoms with E-state index in [1.54, 1.807) is 21.2 Å². The second-order valence-electron chi connectivity index (χ2n) is 6.23. The maximum atomic E-state index is 11.9. The molecule has 2 rings (SSSR count). The minimum absolute atomic E-state index is 0.0385. The first-order chi connectivity index (χ1) is 12.9. The molecule has 1 aromatic carbocycles. The normalized spacial score (nSPS) is 11.2. The van der Waals surface area contributed by atoms with Gasteiger partial charge in [-0.05, 0) is 24.6 Å². The largest absolute Gasteiger partial charge is 0.497 e. The third-order valence-corrected chi connectivity index (χ3v) is 4.08. The number of ether oxygens (including phenoxy) is 1. The van der Waals surface area contributed by atoms with Crippen molar-refractivity contribution < 1.29 is 9.53 Å². The van der Waals surface area contributed by atoms with Gasteiger partial charge in [0.2, 0.25) is 5.91 Å². The van der Waals surface area contributed by atoms with Crippen molar-refractivity contribution >= 4 is 11.9 Å². The molecule has 2 aromatic rings. The van der Waals surface area contributed by atoms with Crippen molar-refractivity contribution in [3.63, 3.8) is 0 Å². The van der Waals surface area contributed by atoms with Gasteiger partial charge in [0.05, 0.1) is 26.7 Å². The van der Waals surface area contributed by atoms with Crippen molar-refractivity contribution in [1.82, 2.24) is 30.3 Å². The number of guanidine groups is 1. The highest BCUT2D eigenvalue weighted by Crippen LogP contribution is 2.11. The molecule has 146 valence electrons. The Hall–Kier alpha value is -3.10. The lowest BCUT2D eigenvalue weighted by Gasteiger charge is -2.15. The smallest absolute Gasteiger partial charge is 0.241 e. The predicted octanol–water partition coefficient (Wildman–Crippen LogP) is 0.456.